The number of unbranched alkanes of at least 4 members (excludes halogenated alkanes) is 2. The van der Waals surface area contributed by atoms with Crippen LogP contribution in [0.5, 0.6) is 5.75 Å². The van der Waals surface area contributed by atoms with Gasteiger partial charge in [-0.15, -0.1) is 24.8 Å². The molecule has 0 atom stereocenters. The summed E-state index contributed by atoms with van der Waals surface area (Å²) in [6, 6.07) is 4.17. The third-order valence-corrected chi connectivity index (χ3v) is 5.22. The zero-order chi connectivity index (χ0) is 18.5. The summed E-state index contributed by atoms with van der Waals surface area (Å²) in [5, 5.41) is 3.57. The normalized spacial score (nSPS) is 10.4. The van der Waals surface area contributed by atoms with Gasteiger partial charge < -0.3 is 15.0 Å². The Hall–Kier alpha value is 0.480. The van der Waals surface area contributed by atoms with Crippen molar-refractivity contribution < 1.29 is 4.74 Å². The first-order valence-electron chi connectivity index (χ1n) is 9.66. The van der Waals surface area contributed by atoms with Crippen molar-refractivity contribution in [3.05, 3.63) is 26.6 Å². The molecule has 0 fully saturated rings. The highest BCUT2D eigenvalue weighted by molar-refractivity contribution is 9.11. The summed E-state index contributed by atoms with van der Waals surface area (Å²) >= 11 is 7.17. The van der Waals surface area contributed by atoms with Crippen LogP contribution in [0.4, 0.5) is 0 Å². The second kappa shape index (κ2) is 18.5. The van der Waals surface area contributed by atoms with Crippen molar-refractivity contribution in [3.8, 4) is 5.75 Å². The fraction of sp³-hybridized carbons (Fsp3) is 0.700. The molecule has 3 nitrogen and oxygen atoms in total. The van der Waals surface area contributed by atoms with Crippen molar-refractivity contribution in [2.45, 2.75) is 59.4 Å². The van der Waals surface area contributed by atoms with E-state index in [1.807, 2.05) is 13.0 Å². The van der Waals surface area contributed by atoms with E-state index in [2.05, 4.69) is 62.0 Å². The third kappa shape index (κ3) is 12.6. The smallest absolute Gasteiger partial charge is 0.138 e. The Balaban J connectivity index is 0. The van der Waals surface area contributed by atoms with E-state index in [9.17, 15) is 0 Å². The van der Waals surface area contributed by atoms with E-state index in [4.69, 9.17) is 4.74 Å². The quantitative estimate of drug-likeness (QED) is 0.257. The fourth-order valence-corrected chi connectivity index (χ4v) is 4.23. The summed E-state index contributed by atoms with van der Waals surface area (Å²) in [6.07, 6.45) is 6.35. The zero-order valence-corrected chi connectivity index (χ0v) is 21.7. The van der Waals surface area contributed by atoms with Crippen LogP contribution < -0.4 is 10.1 Å². The number of benzene rings is 1. The lowest BCUT2D eigenvalue weighted by molar-refractivity contribution is 0.261. The van der Waals surface area contributed by atoms with Crippen molar-refractivity contribution >= 4 is 56.7 Å². The molecule has 0 aliphatic rings. The molecule has 0 heterocycles. The molecule has 27 heavy (non-hydrogen) atoms. The number of ether oxygens (including phenoxy) is 1. The van der Waals surface area contributed by atoms with E-state index < -0.39 is 0 Å². The van der Waals surface area contributed by atoms with Crippen LogP contribution in [0.1, 0.15) is 58.4 Å². The second-order valence-electron chi connectivity index (χ2n) is 6.39. The highest BCUT2D eigenvalue weighted by atomic mass is 79.9. The molecular formula is C20H36Br2Cl2N2O. The maximum atomic E-state index is 5.79. The van der Waals surface area contributed by atoms with Gasteiger partial charge in [0.05, 0.1) is 11.1 Å². The molecule has 0 aliphatic heterocycles. The minimum atomic E-state index is 0. The molecule has 1 rings (SSSR count). The minimum absolute atomic E-state index is 0. The first kappa shape index (κ1) is 29.7. The summed E-state index contributed by atoms with van der Waals surface area (Å²) in [5.41, 5.74) is 1.19. The average molecular weight is 551 g/mol. The van der Waals surface area contributed by atoms with Crippen LogP contribution in [0.2, 0.25) is 0 Å². The Morgan fingerprint density at radius 3 is 2.07 bits per heavy atom. The van der Waals surface area contributed by atoms with E-state index in [0.717, 1.165) is 27.8 Å². The van der Waals surface area contributed by atoms with Crippen LogP contribution in [0.15, 0.2) is 21.1 Å². The van der Waals surface area contributed by atoms with Gasteiger partial charge in [-0.2, -0.15) is 0 Å². The lowest BCUT2D eigenvalue weighted by Crippen LogP contribution is -2.29. The minimum Gasteiger partial charge on any atom is -0.492 e. The van der Waals surface area contributed by atoms with Crippen LogP contribution in [0, 0.1) is 0 Å². The number of nitrogens with one attached hydrogen (secondary N) is 1. The summed E-state index contributed by atoms with van der Waals surface area (Å²) in [7, 11) is 0. The summed E-state index contributed by atoms with van der Waals surface area (Å²) < 4.78 is 7.87. The third-order valence-electron chi connectivity index (χ3n) is 4.17. The number of rotatable bonds is 14. The van der Waals surface area contributed by atoms with Gasteiger partial charge in [0, 0.05) is 16.6 Å². The SMILES string of the molecule is CCCCN(CCCC)CCCNCc1cc(Br)cc(Br)c1OCC.Cl.Cl. The van der Waals surface area contributed by atoms with Crippen molar-refractivity contribution in [1.82, 2.24) is 10.2 Å². The van der Waals surface area contributed by atoms with Crippen LogP contribution >= 0.6 is 56.7 Å². The Labute approximate surface area is 195 Å². The van der Waals surface area contributed by atoms with Crippen molar-refractivity contribution in [3.63, 3.8) is 0 Å². The fourth-order valence-electron chi connectivity index (χ4n) is 2.80. The molecule has 0 unspecified atom stereocenters. The first-order chi connectivity index (χ1) is 12.1. The van der Waals surface area contributed by atoms with Gasteiger partial charge in [0.1, 0.15) is 5.75 Å². The van der Waals surface area contributed by atoms with Gasteiger partial charge in [-0.1, -0.05) is 42.6 Å². The number of hydrogen-bond acceptors (Lipinski definition) is 3. The van der Waals surface area contributed by atoms with E-state index in [0.29, 0.717) is 6.61 Å². The lowest BCUT2D eigenvalue weighted by atomic mass is 10.2. The molecule has 7 heteroatoms. The molecule has 0 bridgehead atoms. The summed E-state index contributed by atoms with van der Waals surface area (Å²) in [5.74, 6) is 0.950. The molecule has 160 valence electrons. The van der Waals surface area contributed by atoms with E-state index in [1.54, 1.807) is 0 Å². The largest absolute Gasteiger partial charge is 0.492 e. The van der Waals surface area contributed by atoms with E-state index in [1.165, 1.54) is 57.3 Å². The van der Waals surface area contributed by atoms with Crippen LogP contribution in [0.3, 0.4) is 0 Å². The Bertz CT molecular complexity index is 485. The van der Waals surface area contributed by atoms with Gasteiger partial charge in [-0.05, 0) is 80.4 Å². The lowest BCUT2D eigenvalue weighted by Gasteiger charge is -2.22. The first-order valence-corrected chi connectivity index (χ1v) is 11.2. The molecule has 0 aromatic heterocycles. The highest BCUT2D eigenvalue weighted by Crippen LogP contribution is 2.32. The Kier molecular flexibility index (Phi) is 20.3. The standard InChI is InChI=1S/C20H34Br2N2O.2ClH/c1-4-7-11-24(12-8-5-2)13-9-10-23-16-17-14-18(21)15-19(22)20(17)25-6-3;;/h14-15,23H,4-13,16H2,1-3H3;2*1H. The van der Waals surface area contributed by atoms with Gasteiger partial charge in [0.15, 0.2) is 0 Å². The number of nitrogens with zero attached hydrogens (tertiary/aromatic N) is 1. The Morgan fingerprint density at radius 1 is 0.926 bits per heavy atom. The highest BCUT2D eigenvalue weighted by Gasteiger charge is 2.10. The molecule has 1 N–H and O–H groups in total. The molecule has 0 radical (unpaired) electrons. The van der Waals surface area contributed by atoms with Crippen molar-refractivity contribution in [2.75, 3.05) is 32.8 Å². The number of halogens is 4. The molecule has 1 aromatic rings. The van der Waals surface area contributed by atoms with Crippen LogP contribution in [-0.2, 0) is 6.54 Å². The maximum Gasteiger partial charge on any atom is 0.138 e. The molecule has 0 saturated carbocycles. The van der Waals surface area contributed by atoms with Crippen LogP contribution in [0.25, 0.3) is 0 Å². The van der Waals surface area contributed by atoms with Gasteiger partial charge in [-0.3, -0.25) is 0 Å². The van der Waals surface area contributed by atoms with Crippen molar-refractivity contribution in [1.29, 1.82) is 0 Å². The van der Waals surface area contributed by atoms with Gasteiger partial charge in [-0.25, -0.2) is 0 Å². The van der Waals surface area contributed by atoms with Gasteiger partial charge in [0.2, 0.25) is 0 Å². The topological polar surface area (TPSA) is 24.5 Å². The van der Waals surface area contributed by atoms with E-state index >= 15 is 0 Å². The monoisotopic (exact) mass is 548 g/mol. The molecule has 0 saturated heterocycles. The predicted molar refractivity (Wildman–Crippen MR) is 130 cm³/mol. The number of hydrogen-bond donors (Lipinski definition) is 1. The Morgan fingerprint density at radius 2 is 1.52 bits per heavy atom. The molecule has 0 aliphatic carbocycles. The van der Waals surface area contributed by atoms with Gasteiger partial charge in [0.25, 0.3) is 0 Å². The molecule has 0 spiro atoms. The molecule has 1 aromatic carbocycles. The molecule has 0 amide bonds. The predicted octanol–water partition coefficient (Wildman–Crippen LogP) is 6.84. The van der Waals surface area contributed by atoms with Crippen LogP contribution in [-0.4, -0.2) is 37.7 Å². The zero-order valence-electron chi connectivity index (χ0n) is 16.9. The summed E-state index contributed by atoms with van der Waals surface area (Å²) in [4.78, 5) is 2.62. The second-order valence-corrected chi connectivity index (χ2v) is 8.16. The van der Waals surface area contributed by atoms with E-state index in [-0.39, 0.29) is 24.8 Å². The van der Waals surface area contributed by atoms with Gasteiger partial charge >= 0.3 is 0 Å². The summed E-state index contributed by atoms with van der Waals surface area (Å²) in [6.45, 7) is 12.8. The van der Waals surface area contributed by atoms with Crippen molar-refractivity contribution in [2.24, 2.45) is 0 Å². The molecular weight excluding hydrogens is 515 g/mol. The maximum absolute atomic E-state index is 5.79. The average Bonchev–Trinajstić information content (AvgIpc) is 2.59.